The van der Waals surface area contributed by atoms with E-state index in [0.29, 0.717) is 0 Å². The summed E-state index contributed by atoms with van der Waals surface area (Å²) in [7, 11) is 0. The Morgan fingerprint density at radius 2 is 2.00 bits per heavy atom. The van der Waals surface area contributed by atoms with Crippen LogP contribution < -0.4 is 11.1 Å². The Kier molecular flexibility index (Phi) is 5.14. The number of hydrogen-bond acceptors (Lipinski definition) is 3. The second-order valence-electron chi connectivity index (χ2n) is 2.69. The standard InChI is InChI=1S/C7H11BrN2O4/c1-3(8)6(12)10-4(7(13)14)2-5(9)11/h3-4H,2H2,1H3,(H2,9,11)(H,10,12)(H,13,14)/t3-,4+/m0/s1. The predicted octanol–water partition coefficient (Wildman–Crippen LogP) is -0.785. The molecule has 0 fully saturated rings. The molecule has 0 aliphatic carbocycles. The second kappa shape index (κ2) is 5.58. The molecule has 7 heteroatoms. The van der Waals surface area contributed by atoms with Crippen molar-refractivity contribution in [2.24, 2.45) is 5.73 Å². The lowest BCUT2D eigenvalue weighted by molar-refractivity contribution is -0.143. The summed E-state index contributed by atoms with van der Waals surface area (Å²) in [4.78, 5) is 31.6. The van der Waals surface area contributed by atoms with E-state index >= 15 is 0 Å². The maximum absolute atomic E-state index is 11.1. The van der Waals surface area contributed by atoms with Crippen LogP contribution in [-0.4, -0.2) is 33.8 Å². The highest BCUT2D eigenvalue weighted by atomic mass is 79.9. The third-order valence-electron chi connectivity index (χ3n) is 1.38. The van der Waals surface area contributed by atoms with Crippen LogP contribution in [0, 0.1) is 0 Å². The number of alkyl halides is 1. The van der Waals surface area contributed by atoms with Gasteiger partial charge in [-0.2, -0.15) is 0 Å². The number of carbonyl (C=O) groups is 3. The molecule has 4 N–H and O–H groups in total. The van der Waals surface area contributed by atoms with Crippen molar-refractivity contribution in [1.82, 2.24) is 5.32 Å². The van der Waals surface area contributed by atoms with Crippen LogP contribution in [0.3, 0.4) is 0 Å². The SMILES string of the molecule is C[C@H](Br)C(=O)N[C@H](CC(N)=O)C(=O)O. The number of nitrogens with one attached hydrogen (secondary N) is 1. The number of hydrogen-bond donors (Lipinski definition) is 3. The summed E-state index contributed by atoms with van der Waals surface area (Å²) in [6.07, 6.45) is -0.416. The second-order valence-corrected chi connectivity index (χ2v) is 4.06. The zero-order valence-corrected chi connectivity index (χ0v) is 9.08. The van der Waals surface area contributed by atoms with E-state index in [4.69, 9.17) is 10.8 Å². The summed E-state index contributed by atoms with van der Waals surface area (Å²) in [5.74, 6) is -2.57. The third-order valence-corrected chi connectivity index (χ3v) is 1.80. The first-order chi connectivity index (χ1) is 6.34. The van der Waals surface area contributed by atoms with Crippen LogP contribution >= 0.6 is 15.9 Å². The van der Waals surface area contributed by atoms with E-state index < -0.39 is 35.1 Å². The minimum Gasteiger partial charge on any atom is -0.480 e. The Balaban J connectivity index is 4.31. The van der Waals surface area contributed by atoms with Gasteiger partial charge in [0, 0.05) is 0 Å². The van der Waals surface area contributed by atoms with Gasteiger partial charge in [0.25, 0.3) is 0 Å². The minimum absolute atomic E-state index is 0.416. The molecule has 2 atom stereocenters. The predicted molar refractivity (Wildman–Crippen MR) is 51.8 cm³/mol. The summed E-state index contributed by atoms with van der Waals surface area (Å²) in [5.41, 5.74) is 4.82. The van der Waals surface area contributed by atoms with E-state index in [2.05, 4.69) is 21.2 Å². The number of carboxylic acid groups (broad SMARTS) is 1. The Morgan fingerprint density at radius 3 is 2.29 bits per heavy atom. The fourth-order valence-corrected chi connectivity index (χ4v) is 0.820. The molecule has 0 unspecified atom stereocenters. The molecule has 0 spiro atoms. The molecular weight excluding hydrogens is 256 g/mol. The van der Waals surface area contributed by atoms with Crippen LogP contribution in [0.1, 0.15) is 13.3 Å². The van der Waals surface area contributed by atoms with Gasteiger partial charge in [-0.05, 0) is 6.92 Å². The number of aliphatic carboxylic acids is 1. The van der Waals surface area contributed by atoms with Crippen LogP contribution in [0.4, 0.5) is 0 Å². The molecule has 0 aliphatic rings. The van der Waals surface area contributed by atoms with Crippen LogP contribution in [0.15, 0.2) is 0 Å². The molecule has 0 aliphatic heterocycles. The maximum Gasteiger partial charge on any atom is 0.326 e. The first-order valence-electron chi connectivity index (χ1n) is 3.80. The molecule has 0 bridgehead atoms. The first-order valence-corrected chi connectivity index (χ1v) is 4.71. The van der Waals surface area contributed by atoms with Crippen LogP contribution in [0.5, 0.6) is 0 Å². The Morgan fingerprint density at radius 1 is 1.50 bits per heavy atom. The lowest BCUT2D eigenvalue weighted by atomic mass is 10.2. The van der Waals surface area contributed by atoms with Crippen molar-refractivity contribution in [2.45, 2.75) is 24.2 Å². The van der Waals surface area contributed by atoms with E-state index in [-0.39, 0.29) is 0 Å². The van der Waals surface area contributed by atoms with E-state index in [1.807, 2.05) is 0 Å². The van der Waals surface area contributed by atoms with Gasteiger partial charge in [-0.1, -0.05) is 15.9 Å². The number of primary amides is 1. The van der Waals surface area contributed by atoms with Crippen molar-refractivity contribution in [1.29, 1.82) is 0 Å². The average Bonchev–Trinajstić information content (AvgIpc) is 2.01. The lowest BCUT2D eigenvalue weighted by Gasteiger charge is -2.13. The van der Waals surface area contributed by atoms with Crippen molar-refractivity contribution in [3.63, 3.8) is 0 Å². The molecule has 0 aromatic carbocycles. The highest BCUT2D eigenvalue weighted by Gasteiger charge is 2.23. The molecule has 80 valence electrons. The smallest absolute Gasteiger partial charge is 0.326 e. The van der Waals surface area contributed by atoms with Gasteiger partial charge in [-0.3, -0.25) is 9.59 Å². The number of amides is 2. The van der Waals surface area contributed by atoms with Crippen LogP contribution in [0.25, 0.3) is 0 Å². The first kappa shape index (κ1) is 12.9. The largest absolute Gasteiger partial charge is 0.480 e. The Hall–Kier alpha value is -1.11. The van der Waals surface area contributed by atoms with Gasteiger partial charge < -0.3 is 16.2 Å². The summed E-state index contributed by atoms with van der Waals surface area (Å²) in [6, 6.07) is -1.26. The van der Waals surface area contributed by atoms with Crippen molar-refractivity contribution < 1.29 is 19.5 Å². The van der Waals surface area contributed by atoms with Gasteiger partial charge in [-0.15, -0.1) is 0 Å². The third kappa shape index (κ3) is 4.80. The molecule has 6 nitrogen and oxygen atoms in total. The van der Waals surface area contributed by atoms with Crippen LogP contribution in [-0.2, 0) is 14.4 Å². The number of halogens is 1. The molecule has 2 amide bonds. The average molecular weight is 267 g/mol. The van der Waals surface area contributed by atoms with Gasteiger partial charge in [0.15, 0.2) is 0 Å². The highest BCUT2D eigenvalue weighted by Crippen LogP contribution is 1.99. The normalized spacial score (nSPS) is 14.1. The van der Waals surface area contributed by atoms with E-state index in [9.17, 15) is 14.4 Å². The van der Waals surface area contributed by atoms with Crippen molar-refractivity contribution >= 4 is 33.7 Å². The minimum atomic E-state index is -1.29. The van der Waals surface area contributed by atoms with Crippen LogP contribution in [0.2, 0.25) is 0 Å². The monoisotopic (exact) mass is 266 g/mol. The molecular formula is C7H11BrN2O4. The molecule has 0 saturated carbocycles. The molecule has 0 saturated heterocycles. The number of carbonyl (C=O) groups excluding carboxylic acids is 2. The van der Waals surface area contributed by atoms with E-state index in [1.54, 1.807) is 6.92 Å². The van der Waals surface area contributed by atoms with Gasteiger partial charge in [0.2, 0.25) is 11.8 Å². The topological polar surface area (TPSA) is 109 Å². The number of rotatable bonds is 5. The fourth-order valence-electron chi connectivity index (χ4n) is 0.688. The Labute approximate surface area is 89.0 Å². The molecule has 0 rings (SSSR count). The zero-order chi connectivity index (χ0) is 11.3. The molecule has 0 heterocycles. The molecule has 0 aromatic rings. The molecule has 0 aromatic heterocycles. The number of nitrogens with two attached hydrogens (primary N) is 1. The summed E-state index contributed by atoms with van der Waals surface area (Å²) in [6.45, 7) is 1.54. The van der Waals surface area contributed by atoms with Crippen molar-refractivity contribution in [2.75, 3.05) is 0 Å². The van der Waals surface area contributed by atoms with E-state index in [1.165, 1.54) is 0 Å². The molecule has 14 heavy (non-hydrogen) atoms. The van der Waals surface area contributed by atoms with Crippen molar-refractivity contribution in [3.8, 4) is 0 Å². The summed E-state index contributed by atoms with van der Waals surface area (Å²) < 4.78 is 0. The Bertz CT molecular complexity index is 254. The van der Waals surface area contributed by atoms with Gasteiger partial charge in [-0.25, -0.2) is 4.79 Å². The number of carboxylic acids is 1. The summed E-state index contributed by atoms with van der Waals surface area (Å²) >= 11 is 2.96. The van der Waals surface area contributed by atoms with Gasteiger partial charge in [0.1, 0.15) is 6.04 Å². The maximum atomic E-state index is 11.1. The highest BCUT2D eigenvalue weighted by molar-refractivity contribution is 9.10. The molecule has 0 radical (unpaired) electrons. The summed E-state index contributed by atoms with van der Waals surface area (Å²) in [5, 5.41) is 10.8. The van der Waals surface area contributed by atoms with E-state index in [0.717, 1.165) is 0 Å². The lowest BCUT2D eigenvalue weighted by Crippen LogP contribution is -2.45. The quantitative estimate of drug-likeness (QED) is 0.567. The van der Waals surface area contributed by atoms with Gasteiger partial charge in [0.05, 0.1) is 11.2 Å². The zero-order valence-electron chi connectivity index (χ0n) is 7.49. The van der Waals surface area contributed by atoms with Gasteiger partial charge >= 0.3 is 5.97 Å². The fraction of sp³-hybridized carbons (Fsp3) is 0.571. The van der Waals surface area contributed by atoms with Crippen molar-refractivity contribution in [3.05, 3.63) is 0 Å².